The summed E-state index contributed by atoms with van der Waals surface area (Å²) in [5.41, 5.74) is 5.53. The average molecular weight is 129 g/mol. The van der Waals surface area contributed by atoms with Crippen LogP contribution in [0.2, 0.25) is 0 Å². The Morgan fingerprint density at radius 2 is 1.89 bits per heavy atom. The molecule has 56 valence electrons. The number of hydrogen-bond donors (Lipinski definition) is 1. The van der Waals surface area contributed by atoms with Crippen LogP contribution in [0.5, 0.6) is 0 Å². The molecule has 9 heavy (non-hydrogen) atoms. The summed E-state index contributed by atoms with van der Waals surface area (Å²) in [6.07, 6.45) is 2.52. The van der Waals surface area contributed by atoms with Crippen LogP contribution in [0.3, 0.4) is 0 Å². The Bertz CT molecular complexity index is 55.6. The van der Waals surface area contributed by atoms with Crippen LogP contribution in [0.4, 0.5) is 0 Å². The van der Waals surface area contributed by atoms with Crippen molar-refractivity contribution in [3.63, 3.8) is 0 Å². The Balaban J connectivity index is 3.31. The Labute approximate surface area is 58.6 Å². The van der Waals surface area contributed by atoms with E-state index in [1.807, 2.05) is 0 Å². The van der Waals surface area contributed by atoms with E-state index < -0.39 is 0 Å². The van der Waals surface area contributed by atoms with Crippen LogP contribution in [-0.4, -0.2) is 6.54 Å². The molecule has 1 heteroatoms. The summed E-state index contributed by atoms with van der Waals surface area (Å²) in [5, 5.41) is 0. The number of rotatable bonds is 4. The predicted molar refractivity (Wildman–Crippen MR) is 42.3 cm³/mol. The lowest BCUT2D eigenvalue weighted by molar-refractivity contribution is 0.407. The molecule has 0 amide bonds. The Morgan fingerprint density at radius 3 is 2.00 bits per heavy atom. The lowest BCUT2D eigenvalue weighted by Gasteiger charge is -2.13. The van der Waals surface area contributed by atoms with Crippen LogP contribution in [0.1, 0.15) is 33.6 Å². The maximum absolute atomic E-state index is 5.53. The molecule has 1 nitrogen and oxygen atoms in total. The lowest BCUT2D eigenvalue weighted by atomic mass is 9.95. The highest BCUT2D eigenvalue weighted by atomic mass is 14.5. The van der Waals surface area contributed by atoms with Crippen molar-refractivity contribution in [2.75, 3.05) is 6.54 Å². The smallest absolute Gasteiger partial charge is 0.00489 e. The van der Waals surface area contributed by atoms with Crippen LogP contribution in [-0.2, 0) is 0 Å². The van der Waals surface area contributed by atoms with Crippen molar-refractivity contribution >= 4 is 0 Å². The van der Waals surface area contributed by atoms with Gasteiger partial charge in [0.25, 0.3) is 0 Å². The van der Waals surface area contributed by atoms with E-state index >= 15 is 0 Å². The molecular formula is C8H19N. The van der Waals surface area contributed by atoms with Gasteiger partial charge in [0.2, 0.25) is 0 Å². The van der Waals surface area contributed by atoms with E-state index in [-0.39, 0.29) is 0 Å². The van der Waals surface area contributed by atoms with Crippen LogP contribution < -0.4 is 5.73 Å². The van der Waals surface area contributed by atoms with E-state index in [4.69, 9.17) is 5.73 Å². The molecule has 0 unspecified atom stereocenters. The van der Waals surface area contributed by atoms with Gasteiger partial charge in [-0.25, -0.2) is 0 Å². The highest BCUT2D eigenvalue weighted by Crippen LogP contribution is 2.12. The fourth-order valence-corrected chi connectivity index (χ4v) is 1.10. The zero-order valence-electron chi connectivity index (χ0n) is 6.85. The Kier molecular flexibility index (Phi) is 4.78. The first-order chi connectivity index (χ1) is 4.20. The van der Waals surface area contributed by atoms with Crippen molar-refractivity contribution in [3.05, 3.63) is 0 Å². The molecule has 0 bridgehead atoms. The number of hydrogen-bond acceptors (Lipinski definition) is 1. The summed E-state index contributed by atoms with van der Waals surface area (Å²) in [4.78, 5) is 0. The fraction of sp³-hybridized carbons (Fsp3) is 1.00. The first-order valence-electron chi connectivity index (χ1n) is 3.90. The van der Waals surface area contributed by atoms with E-state index in [1.54, 1.807) is 0 Å². The standard InChI is InChI=1S/C8H19N/c1-4-8(6-9)5-7(2)3/h7-8H,4-6,9H2,1-3H3/t8-/m0/s1. The van der Waals surface area contributed by atoms with Crippen LogP contribution >= 0.6 is 0 Å². The first-order valence-corrected chi connectivity index (χ1v) is 3.90. The van der Waals surface area contributed by atoms with E-state index in [0.29, 0.717) is 0 Å². The molecular weight excluding hydrogens is 110 g/mol. The molecule has 0 aliphatic heterocycles. The molecule has 0 aromatic carbocycles. The molecule has 0 saturated heterocycles. The van der Waals surface area contributed by atoms with Crippen molar-refractivity contribution in [1.29, 1.82) is 0 Å². The SMILES string of the molecule is CC[C@H](CN)CC(C)C. The minimum absolute atomic E-state index is 0.755. The van der Waals surface area contributed by atoms with Crippen LogP contribution in [0.25, 0.3) is 0 Å². The van der Waals surface area contributed by atoms with Gasteiger partial charge in [0.15, 0.2) is 0 Å². The Hall–Kier alpha value is -0.0400. The van der Waals surface area contributed by atoms with Crippen LogP contribution in [0, 0.1) is 11.8 Å². The highest BCUT2D eigenvalue weighted by Gasteiger charge is 2.04. The van der Waals surface area contributed by atoms with Gasteiger partial charge in [0.05, 0.1) is 0 Å². The molecule has 0 aliphatic carbocycles. The van der Waals surface area contributed by atoms with Gasteiger partial charge >= 0.3 is 0 Å². The van der Waals surface area contributed by atoms with Crippen molar-refractivity contribution < 1.29 is 0 Å². The largest absolute Gasteiger partial charge is 0.330 e. The van der Waals surface area contributed by atoms with Gasteiger partial charge in [0, 0.05) is 0 Å². The zero-order valence-corrected chi connectivity index (χ0v) is 6.85. The summed E-state index contributed by atoms with van der Waals surface area (Å²) in [6, 6.07) is 0. The summed E-state index contributed by atoms with van der Waals surface area (Å²) in [6.45, 7) is 7.56. The molecule has 0 fully saturated rings. The molecule has 0 heterocycles. The normalized spacial score (nSPS) is 14.3. The molecule has 2 N–H and O–H groups in total. The van der Waals surface area contributed by atoms with Crippen molar-refractivity contribution in [1.82, 2.24) is 0 Å². The highest BCUT2D eigenvalue weighted by molar-refractivity contribution is 4.59. The molecule has 0 aliphatic rings. The monoisotopic (exact) mass is 129 g/mol. The topological polar surface area (TPSA) is 26.0 Å². The quantitative estimate of drug-likeness (QED) is 0.617. The third-order valence-electron chi connectivity index (χ3n) is 1.72. The lowest BCUT2D eigenvalue weighted by Crippen LogP contribution is -2.15. The van der Waals surface area contributed by atoms with Gasteiger partial charge in [-0.05, 0) is 24.8 Å². The molecule has 0 rings (SSSR count). The molecule has 0 saturated carbocycles. The molecule has 0 radical (unpaired) electrons. The zero-order chi connectivity index (χ0) is 7.28. The minimum Gasteiger partial charge on any atom is -0.330 e. The summed E-state index contributed by atoms with van der Waals surface area (Å²) in [5.74, 6) is 1.56. The maximum Gasteiger partial charge on any atom is -0.00489 e. The van der Waals surface area contributed by atoms with Gasteiger partial charge in [-0.15, -0.1) is 0 Å². The fourth-order valence-electron chi connectivity index (χ4n) is 1.10. The molecule has 0 spiro atoms. The number of nitrogens with two attached hydrogens (primary N) is 1. The summed E-state index contributed by atoms with van der Waals surface area (Å²) >= 11 is 0. The van der Waals surface area contributed by atoms with Crippen molar-refractivity contribution in [2.45, 2.75) is 33.6 Å². The molecule has 0 aromatic heterocycles. The van der Waals surface area contributed by atoms with Gasteiger partial charge in [-0.2, -0.15) is 0 Å². The van der Waals surface area contributed by atoms with Crippen LogP contribution in [0.15, 0.2) is 0 Å². The van der Waals surface area contributed by atoms with E-state index in [0.717, 1.165) is 18.4 Å². The second kappa shape index (κ2) is 4.80. The third kappa shape index (κ3) is 4.46. The minimum atomic E-state index is 0.755. The second-order valence-corrected chi connectivity index (χ2v) is 3.14. The molecule has 1 atom stereocenters. The van der Waals surface area contributed by atoms with Crippen molar-refractivity contribution in [3.8, 4) is 0 Å². The van der Waals surface area contributed by atoms with E-state index in [1.165, 1.54) is 12.8 Å². The van der Waals surface area contributed by atoms with Gasteiger partial charge < -0.3 is 5.73 Å². The second-order valence-electron chi connectivity index (χ2n) is 3.14. The third-order valence-corrected chi connectivity index (χ3v) is 1.72. The first kappa shape index (κ1) is 8.96. The van der Waals surface area contributed by atoms with Crippen molar-refractivity contribution in [2.24, 2.45) is 17.6 Å². The van der Waals surface area contributed by atoms with Gasteiger partial charge in [-0.1, -0.05) is 27.2 Å². The summed E-state index contributed by atoms with van der Waals surface area (Å²) in [7, 11) is 0. The Morgan fingerprint density at radius 1 is 1.33 bits per heavy atom. The molecule has 0 aromatic rings. The van der Waals surface area contributed by atoms with E-state index in [2.05, 4.69) is 20.8 Å². The summed E-state index contributed by atoms with van der Waals surface area (Å²) < 4.78 is 0. The van der Waals surface area contributed by atoms with Gasteiger partial charge in [0.1, 0.15) is 0 Å². The average Bonchev–Trinajstić information content (AvgIpc) is 1.82. The van der Waals surface area contributed by atoms with E-state index in [9.17, 15) is 0 Å². The predicted octanol–water partition coefficient (Wildman–Crippen LogP) is 2.02. The maximum atomic E-state index is 5.53. The van der Waals surface area contributed by atoms with Gasteiger partial charge in [-0.3, -0.25) is 0 Å².